The maximum Gasteiger partial charge on any atom is 0.136 e. The first-order valence-corrected chi connectivity index (χ1v) is 5.91. The minimum absolute atomic E-state index is 0.408. The second kappa shape index (κ2) is 4.62. The Morgan fingerprint density at radius 3 is 2.35 bits per heavy atom. The Hall–Kier alpha value is -1.77. The first-order chi connectivity index (χ1) is 8.09. The van der Waals surface area contributed by atoms with Gasteiger partial charge in [-0.1, -0.05) is 24.3 Å². The average molecular weight is 229 g/mol. The van der Waals surface area contributed by atoms with Gasteiger partial charge in [-0.25, -0.2) is 4.98 Å². The molecule has 3 nitrogen and oxygen atoms in total. The van der Waals surface area contributed by atoms with Crippen molar-refractivity contribution in [2.24, 2.45) is 0 Å². The van der Waals surface area contributed by atoms with E-state index in [-0.39, 0.29) is 0 Å². The summed E-state index contributed by atoms with van der Waals surface area (Å²) in [5.74, 6) is 1.01. The summed E-state index contributed by atoms with van der Waals surface area (Å²) < 4.78 is 0. The lowest BCUT2D eigenvalue weighted by atomic mass is 10.1. The van der Waals surface area contributed by atoms with Gasteiger partial charge in [0.25, 0.3) is 0 Å². The van der Waals surface area contributed by atoms with E-state index in [1.165, 1.54) is 10.8 Å². The second-order valence-corrected chi connectivity index (χ2v) is 4.73. The predicted octanol–water partition coefficient (Wildman–Crippen LogP) is 3.12. The van der Waals surface area contributed by atoms with Crippen LogP contribution >= 0.6 is 0 Å². The smallest absolute Gasteiger partial charge is 0.136 e. The van der Waals surface area contributed by atoms with Crippen molar-refractivity contribution in [1.82, 2.24) is 4.98 Å². The van der Waals surface area contributed by atoms with E-state index in [1.807, 2.05) is 25.2 Å². The van der Waals surface area contributed by atoms with Crippen LogP contribution in [0.1, 0.15) is 13.8 Å². The number of hydrogen-bond acceptors (Lipinski definition) is 3. The fourth-order valence-corrected chi connectivity index (χ4v) is 1.96. The maximum absolute atomic E-state index is 4.52. The summed E-state index contributed by atoms with van der Waals surface area (Å²) in [6.45, 7) is 4.27. The van der Waals surface area contributed by atoms with Crippen molar-refractivity contribution in [3.63, 3.8) is 0 Å². The molecule has 0 aliphatic rings. The Morgan fingerprint density at radius 2 is 1.76 bits per heavy atom. The summed E-state index contributed by atoms with van der Waals surface area (Å²) in [5, 5.41) is 5.84. The Bertz CT molecular complexity index is 518. The number of rotatable bonds is 3. The predicted molar refractivity (Wildman–Crippen MR) is 74.8 cm³/mol. The molecule has 17 heavy (non-hydrogen) atoms. The summed E-state index contributed by atoms with van der Waals surface area (Å²) in [7, 11) is 4.04. The van der Waals surface area contributed by atoms with Crippen molar-refractivity contribution >= 4 is 22.3 Å². The molecular weight excluding hydrogens is 210 g/mol. The van der Waals surface area contributed by atoms with Gasteiger partial charge in [-0.3, -0.25) is 0 Å². The number of nitrogens with zero attached hydrogens (tertiary/aromatic N) is 2. The number of pyridine rings is 1. The summed E-state index contributed by atoms with van der Waals surface area (Å²) in [6, 6.07) is 8.77. The number of fused-ring (bicyclic) bond motifs is 1. The Balaban J connectivity index is 2.62. The van der Waals surface area contributed by atoms with E-state index in [1.54, 1.807) is 0 Å². The molecule has 0 spiro atoms. The van der Waals surface area contributed by atoms with E-state index in [4.69, 9.17) is 0 Å². The first kappa shape index (κ1) is 11.7. The molecule has 0 aliphatic carbocycles. The van der Waals surface area contributed by atoms with Crippen LogP contribution in [-0.4, -0.2) is 25.1 Å². The van der Waals surface area contributed by atoms with Crippen LogP contribution in [0.5, 0.6) is 0 Å². The number of aromatic nitrogens is 1. The number of benzene rings is 1. The normalized spacial score (nSPS) is 10.9. The van der Waals surface area contributed by atoms with E-state index < -0.39 is 0 Å². The lowest BCUT2D eigenvalue weighted by molar-refractivity contribution is 0.899. The zero-order valence-electron chi connectivity index (χ0n) is 10.9. The molecule has 90 valence electrons. The SMILES string of the molecule is CC(C)Nc1cnc(N(C)C)c2ccccc12. The molecular formula is C14H19N3. The molecule has 0 bridgehead atoms. The summed E-state index contributed by atoms with van der Waals surface area (Å²) in [6.07, 6.45) is 1.91. The molecule has 1 aromatic heterocycles. The molecule has 0 atom stereocenters. The monoisotopic (exact) mass is 229 g/mol. The third kappa shape index (κ3) is 2.33. The van der Waals surface area contributed by atoms with Gasteiger partial charge in [0.1, 0.15) is 5.82 Å². The zero-order valence-corrected chi connectivity index (χ0v) is 10.9. The van der Waals surface area contributed by atoms with Crippen molar-refractivity contribution in [3.8, 4) is 0 Å². The number of hydrogen-bond donors (Lipinski definition) is 1. The van der Waals surface area contributed by atoms with Gasteiger partial charge in [0, 0.05) is 30.9 Å². The van der Waals surface area contributed by atoms with Crippen LogP contribution in [-0.2, 0) is 0 Å². The van der Waals surface area contributed by atoms with Gasteiger partial charge in [-0.15, -0.1) is 0 Å². The van der Waals surface area contributed by atoms with Gasteiger partial charge >= 0.3 is 0 Å². The van der Waals surface area contributed by atoms with Crippen LogP contribution < -0.4 is 10.2 Å². The van der Waals surface area contributed by atoms with Gasteiger partial charge in [0.15, 0.2) is 0 Å². The Kier molecular flexibility index (Phi) is 3.18. The van der Waals surface area contributed by atoms with Crippen molar-refractivity contribution in [3.05, 3.63) is 30.5 Å². The fourth-order valence-electron chi connectivity index (χ4n) is 1.96. The minimum Gasteiger partial charge on any atom is -0.381 e. The molecule has 1 heterocycles. The highest BCUT2D eigenvalue weighted by molar-refractivity contribution is 6.00. The van der Waals surface area contributed by atoms with E-state index in [0.717, 1.165) is 11.5 Å². The molecule has 0 fully saturated rings. The standard InChI is InChI=1S/C14H19N3/c1-10(2)16-13-9-15-14(17(3)4)12-8-6-5-7-11(12)13/h5-10,16H,1-4H3. The van der Waals surface area contributed by atoms with Crippen molar-refractivity contribution < 1.29 is 0 Å². The van der Waals surface area contributed by atoms with Gasteiger partial charge in [-0.05, 0) is 13.8 Å². The molecule has 0 amide bonds. The molecule has 3 heteroatoms. The van der Waals surface area contributed by atoms with E-state index in [9.17, 15) is 0 Å². The van der Waals surface area contributed by atoms with Crippen LogP contribution in [0.15, 0.2) is 30.5 Å². The molecule has 0 radical (unpaired) electrons. The van der Waals surface area contributed by atoms with Gasteiger partial charge in [-0.2, -0.15) is 0 Å². The summed E-state index contributed by atoms with van der Waals surface area (Å²) in [4.78, 5) is 6.57. The molecule has 0 saturated carbocycles. The third-order valence-electron chi connectivity index (χ3n) is 2.64. The van der Waals surface area contributed by atoms with Crippen LogP contribution in [0.2, 0.25) is 0 Å². The van der Waals surface area contributed by atoms with Crippen LogP contribution in [0.4, 0.5) is 11.5 Å². The highest BCUT2D eigenvalue weighted by Crippen LogP contribution is 2.29. The minimum atomic E-state index is 0.408. The number of anilines is 2. The van der Waals surface area contributed by atoms with Gasteiger partial charge in [0.05, 0.1) is 11.9 Å². The van der Waals surface area contributed by atoms with E-state index in [0.29, 0.717) is 6.04 Å². The Morgan fingerprint density at radius 1 is 1.12 bits per heavy atom. The number of nitrogens with one attached hydrogen (secondary N) is 1. The molecule has 0 unspecified atom stereocenters. The van der Waals surface area contributed by atoms with Crippen LogP contribution in [0.25, 0.3) is 10.8 Å². The maximum atomic E-state index is 4.52. The van der Waals surface area contributed by atoms with Crippen LogP contribution in [0, 0.1) is 0 Å². The zero-order chi connectivity index (χ0) is 12.4. The fraction of sp³-hybridized carbons (Fsp3) is 0.357. The van der Waals surface area contributed by atoms with Crippen molar-refractivity contribution in [2.45, 2.75) is 19.9 Å². The summed E-state index contributed by atoms with van der Waals surface area (Å²) in [5.41, 5.74) is 1.10. The lowest BCUT2D eigenvalue weighted by Gasteiger charge is -2.18. The van der Waals surface area contributed by atoms with Gasteiger partial charge in [0.2, 0.25) is 0 Å². The largest absolute Gasteiger partial charge is 0.381 e. The van der Waals surface area contributed by atoms with Crippen molar-refractivity contribution in [2.75, 3.05) is 24.3 Å². The first-order valence-electron chi connectivity index (χ1n) is 5.91. The molecule has 1 N–H and O–H groups in total. The Labute approximate surface area is 102 Å². The molecule has 0 aliphatic heterocycles. The van der Waals surface area contributed by atoms with Crippen LogP contribution in [0.3, 0.4) is 0 Å². The molecule has 1 aromatic carbocycles. The molecule has 0 saturated heterocycles. The molecule has 2 rings (SSSR count). The van der Waals surface area contributed by atoms with Gasteiger partial charge < -0.3 is 10.2 Å². The molecule has 2 aromatic rings. The summed E-state index contributed by atoms with van der Waals surface area (Å²) >= 11 is 0. The van der Waals surface area contributed by atoms with Crippen molar-refractivity contribution in [1.29, 1.82) is 0 Å². The average Bonchev–Trinajstić information content (AvgIpc) is 2.28. The quantitative estimate of drug-likeness (QED) is 0.876. The highest BCUT2D eigenvalue weighted by atomic mass is 15.1. The highest BCUT2D eigenvalue weighted by Gasteiger charge is 2.08. The second-order valence-electron chi connectivity index (χ2n) is 4.73. The van der Waals surface area contributed by atoms with E-state index in [2.05, 4.69) is 48.4 Å². The third-order valence-corrected chi connectivity index (χ3v) is 2.64. The topological polar surface area (TPSA) is 28.2 Å². The van der Waals surface area contributed by atoms with E-state index >= 15 is 0 Å². The lowest BCUT2D eigenvalue weighted by Crippen LogP contribution is -2.13.